The molecule has 0 heterocycles. The minimum absolute atomic E-state index is 0.0289. The maximum Gasteiger partial charge on any atom is 0.416 e. The number of urea groups is 1. The topological polar surface area (TPSA) is 41.1 Å². The summed E-state index contributed by atoms with van der Waals surface area (Å²) in [6, 6.07) is 8.79. The molecule has 2 rings (SSSR count). The van der Waals surface area contributed by atoms with E-state index in [9.17, 15) is 22.4 Å². The number of alkyl halides is 3. The van der Waals surface area contributed by atoms with Crippen LogP contribution in [-0.2, 0) is 19.1 Å². The van der Waals surface area contributed by atoms with E-state index in [1.165, 1.54) is 0 Å². The van der Waals surface area contributed by atoms with Crippen molar-refractivity contribution >= 4 is 11.7 Å². The molecule has 0 saturated carbocycles. The van der Waals surface area contributed by atoms with Gasteiger partial charge in [0, 0.05) is 12.2 Å². The number of hydrogen-bond donors (Lipinski definition) is 2. The predicted octanol–water partition coefficient (Wildman–Crippen LogP) is 4.73. The number of aryl methyl sites for hydroxylation is 1. The second kappa shape index (κ2) is 7.33. The Morgan fingerprint density at radius 2 is 1.83 bits per heavy atom. The Bertz CT molecular complexity index is 729. The molecular weight excluding hydrogens is 324 g/mol. The Morgan fingerprint density at radius 1 is 1.12 bits per heavy atom. The number of para-hydroxylation sites is 1. The number of benzene rings is 2. The molecule has 0 spiro atoms. The zero-order valence-corrected chi connectivity index (χ0v) is 12.9. The molecule has 24 heavy (non-hydrogen) atoms. The van der Waals surface area contributed by atoms with Crippen molar-refractivity contribution in [1.82, 2.24) is 5.32 Å². The van der Waals surface area contributed by atoms with Crippen LogP contribution in [0.4, 0.5) is 28.0 Å². The van der Waals surface area contributed by atoms with E-state index < -0.39 is 23.6 Å². The summed E-state index contributed by atoms with van der Waals surface area (Å²) in [6.45, 7) is 1.71. The second-order valence-corrected chi connectivity index (χ2v) is 5.16. The smallest absolute Gasteiger partial charge is 0.334 e. The highest BCUT2D eigenvalue weighted by Gasteiger charge is 2.31. The van der Waals surface area contributed by atoms with Gasteiger partial charge in [0.2, 0.25) is 0 Å². The highest BCUT2D eigenvalue weighted by atomic mass is 19.4. The van der Waals surface area contributed by atoms with E-state index in [1.54, 1.807) is 12.1 Å². The van der Waals surface area contributed by atoms with Gasteiger partial charge in [-0.2, -0.15) is 13.2 Å². The number of nitrogens with one attached hydrogen (secondary N) is 2. The fourth-order valence-electron chi connectivity index (χ4n) is 2.22. The Kier molecular flexibility index (Phi) is 5.43. The van der Waals surface area contributed by atoms with E-state index in [1.807, 2.05) is 19.1 Å². The van der Waals surface area contributed by atoms with E-state index in [0.29, 0.717) is 11.8 Å². The number of rotatable bonds is 4. The van der Waals surface area contributed by atoms with Gasteiger partial charge in [0.1, 0.15) is 5.82 Å². The maximum absolute atomic E-state index is 13.3. The number of amides is 2. The summed E-state index contributed by atoms with van der Waals surface area (Å²) >= 11 is 0. The maximum atomic E-state index is 13.3. The summed E-state index contributed by atoms with van der Waals surface area (Å²) in [5, 5.41) is 5.05. The van der Waals surface area contributed by atoms with Crippen LogP contribution in [0.15, 0.2) is 42.5 Å². The fourth-order valence-corrected chi connectivity index (χ4v) is 2.22. The van der Waals surface area contributed by atoms with Crippen molar-refractivity contribution in [3.05, 3.63) is 65.0 Å². The first kappa shape index (κ1) is 17.8. The lowest BCUT2D eigenvalue weighted by Crippen LogP contribution is -2.28. The molecule has 2 N–H and O–H groups in total. The Morgan fingerprint density at radius 3 is 2.50 bits per heavy atom. The van der Waals surface area contributed by atoms with Crippen molar-refractivity contribution in [1.29, 1.82) is 0 Å². The average Bonchev–Trinajstić information content (AvgIpc) is 2.52. The zero-order valence-electron chi connectivity index (χ0n) is 12.9. The number of anilines is 1. The van der Waals surface area contributed by atoms with Crippen LogP contribution in [0.5, 0.6) is 0 Å². The Labute approximate surface area is 136 Å². The number of carbonyl (C=O) groups excluding carboxylic acids is 1. The van der Waals surface area contributed by atoms with Crippen LogP contribution in [0.1, 0.15) is 23.6 Å². The molecule has 0 bridgehead atoms. The molecule has 0 aliphatic carbocycles. The van der Waals surface area contributed by atoms with Crippen LogP contribution in [-0.4, -0.2) is 6.03 Å². The van der Waals surface area contributed by atoms with E-state index >= 15 is 0 Å². The van der Waals surface area contributed by atoms with Gasteiger partial charge in [-0.3, -0.25) is 0 Å². The number of carbonyl (C=O) groups is 1. The van der Waals surface area contributed by atoms with Gasteiger partial charge >= 0.3 is 12.2 Å². The minimum atomic E-state index is -4.64. The van der Waals surface area contributed by atoms with Gasteiger partial charge in [0.25, 0.3) is 0 Å². The van der Waals surface area contributed by atoms with Crippen LogP contribution in [0, 0.1) is 5.82 Å². The SMILES string of the molecule is CCc1ccccc1NC(=O)NCc1cc(F)cc(C(F)(F)F)c1. The minimum Gasteiger partial charge on any atom is -0.334 e. The monoisotopic (exact) mass is 340 g/mol. The van der Waals surface area contributed by atoms with Crippen molar-refractivity contribution in [2.45, 2.75) is 26.1 Å². The normalized spacial score (nSPS) is 11.2. The zero-order chi connectivity index (χ0) is 17.7. The molecule has 2 aromatic carbocycles. The summed E-state index contributed by atoms with van der Waals surface area (Å²) < 4.78 is 51.3. The Balaban J connectivity index is 2.03. The average molecular weight is 340 g/mol. The third-order valence-corrected chi connectivity index (χ3v) is 3.38. The van der Waals surface area contributed by atoms with E-state index in [2.05, 4.69) is 10.6 Å². The molecule has 0 saturated heterocycles. The molecule has 2 amide bonds. The van der Waals surface area contributed by atoms with Gasteiger partial charge in [-0.05, 0) is 41.8 Å². The number of hydrogen-bond acceptors (Lipinski definition) is 1. The highest BCUT2D eigenvalue weighted by Crippen LogP contribution is 2.30. The van der Waals surface area contributed by atoms with Gasteiger partial charge in [-0.1, -0.05) is 25.1 Å². The molecule has 0 atom stereocenters. The highest BCUT2D eigenvalue weighted by molar-refractivity contribution is 5.90. The first-order chi connectivity index (χ1) is 11.3. The van der Waals surface area contributed by atoms with Crippen molar-refractivity contribution in [3.8, 4) is 0 Å². The molecule has 0 radical (unpaired) electrons. The van der Waals surface area contributed by atoms with Crippen molar-refractivity contribution in [2.24, 2.45) is 0 Å². The van der Waals surface area contributed by atoms with Crippen molar-refractivity contribution < 1.29 is 22.4 Å². The quantitative estimate of drug-likeness (QED) is 0.776. The van der Waals surface area contributed by atoms with E-state index in [4.69, 9.17) is 0 Å². The van der Waals surface area contributed by atoms with Gasteiger partial charge in [0.15, 0.2) is 0 Å². The lowest BCUT2D eigenvalue weighted by atomic mass is 10.1. The molecule has 0 aliphatic rings. The number of halogens is 4. The summed E-state index contributed by atoms with van der Waals surface area (Å²) in [7, 11) is 0. The van der Waals surface area contributed by atoms with Gasteiger partial charge in [0.05, 0.1) is 5.56 Å². The molecule has 0 unspecified atom stereocenters. The fraction of sp³-hybridized carbons (Fsp3) is 0.235. The van der Waals surface area contributed by atoms with E-state index in [0.717, 1.165) is 24.1 Å². The molecule has 128 valence electrons. The third-order valence-electron chi connectivity index (χ3n) is 3.38. The molecule has 7 heteroatoms. The van der Waals surface area contributed by atoms with Gasteiger partial charge in [-0.25, -0.2) is 9.18 Å². The van der Waals surface area contributed by atoms with Crippen LogP contribution >= 0.6 is 0 Å². The standard InChI is InChI=1S/C17H16F4N2O/c1-2-12-5-3-4-6-15(12)23-16(24)22-10-11-7-13(17(19,20)21)9-14(18)8-11/h3-9H,2,10H2,1H3,(H2,22,23,24). The first-order valence-corrected chi connectivity index (χ1v) is 7.29. The molecule has 3 nitrogen and oxygen atoms in total. The second-order valence-electron chi connectivity index (χ2n) is 5.16. The van der Waals surface area contributed by atoms with Crippen LogP contribution in [0.25, 0.3) is 0 Å². The molecule has 2 aromatic rings. The lowest BCUT2D eigenvalue weighted by molar-refractivity contribution is -0.137. The van der Waals surface area contributed by atoms with Crippen LogP contribution in [0.2, 0.25) is 0 Å². The summed E-state index contributed by atoms with van der Waals surface area (Å²) in [6.07, 6.45) is -3.92. The van der Waals surface area contributed by atoms with E-state index in [-0.39, 0.29) is 12.1 Å². The van der Waals surface area contributed by atoms with Crippen molar-refractivity contribution in [3.63, 3.8) is 0 Å². The Hall–Kier alpha value is -2.57. The predicted molar refractivity (Wildman–Crippen MR) is 83.1 cm³/mol. The lowest BCUT2D eigenvalue weighted by Gasteiger charge is -2.12. The van der Waals surface area contributed by atoms with Crippen LogP contribution < -0.4 is 10.6 Å². The molecule has 0 fully saturated rings. The largest absolute Gasteiger partial charge is 0.416 e. The molecular formula is C17H16F4N2O. The van der Waals surface area contributed by atoms with Crippen molar-refractivity contribution in [2.75, 3.05) is 5.32 Å². The molecule has 0 aliphatic heterocycles. The third kappa shape index (κ3) is 4.71. The summed E-state index contributed by atoms with van der Waals surface area (Å²) in [5.74, 6) is -1.00. The van der Waals surface area contributed by atoms with Gasteiger partial charge in [-0.15, -0.1) is 0 Å². The molecule has 0 aromatic heterocycles. The summed E-state index contributed by atoms with van der Waals surface area (Å²) in [5.41, 5.74) is 0.489. The summed E-state index contributed by atoms with van der Waals surface area (Å²) in [4.78, 5) is 11.9. The van der Waals surface area contributed by atoms with Crippen LogP contribution in [0.3, 0.4) is 0 Å². The first-order valence-electron chi connectivity index (χ1n) is 7.29. The van der Waals surface area contributed by atoms with Gasteiger partial charge < -0.3 is 10.6 Å².